The van der Waals surface area contributed by atoms with Gasteiger partial charge in [-0.25, -0.2) is 14.8 Å². The molecule has 0 saturated carbocycles. The third-order valence-corrected chi connectivity index (χ3v) is 7.78. The molecule has 1 heterocycles. The van der Waals surface area contributed by atoms with Crippen molar-refractivity contribution >= 4 is 57.9 Å². The first kappa shape index (κ1) is 30.2. The van der Waals surface area contributed by atoms with E-state index in [1.165, 1.54) is 6.08 Å². The van der Waals surface area contributed by atoms with Gasteiger partial charge in [0.25, 0.3) is 5.91 Å². The van der Waals surface area contributed by atoms with Crippen LogP contribution in [0.3, 0.4) is 0 Å². The van der Waals surface area contributed by atoms with E-state index in [1.54, 1.807) is 60.7 Å². The Hall–Kier alpha value is -5.81. The highest BCUT2D eigenvalue weighted by molar-refractivity contribution is 6.44. The number of rotatable bonds is 7. The molecule has 0 aliphatic heterocycles. The quantitative estimate of drug-likeness (QED) is 0.0807. The van der Waals surface area contributed by atoms with Crippen LogP contribution in [0.15, 0.2) is 127 Å². The Bertz CT molecular complexity index is 2160. The van der Waals surface area contributed by atoms with E-state index in [9.17, 15) is 14.9 Å². The Labute approximate surface area is 274 Å². The van der Waals surface area contributed by atoms with Crippen molar-refractivity contribution in [3.63, 3.8) is 0 Å². The molecule has 0 radical (unpaired) electrons. The van der Waals surface area contributed by atoms with E-state index in [0.29, 0.717) is 27.9 Å². The number of nitriles is 1. The summed E-state index contributed by atoms with van der Waals surface area (Å²) in [5.41, 5.74) is 5.47. The minimum absolute atomic E-state index is 0.150. The maximum absolute atomic E-state index is 13.1. The van der Waals surface area contributed by atoms with Crippen molar-refractivity contribution in [3.05, 3.63) is 148 Å². The zero-order valence-electron chi connectivity index (χ0n) is 23.9. The molecule has 0 unspecified atom stereocenters. The molecule has 46 heavy (non-hydrogen) atoms. The molecule has 1 aromatic heterocycles. The maximum atomic E-state index is 13.1. The van der Waals surface area contributed by atoms with Gasteiger partial charge >= 0.3 is 5.97 Å². The summed E-state index contributed by atoms with van der Waals surface area (Å²) in [7, 11) is 0. The van der Waals surface area contributed by atoms with Gasteiger partial charge in [-0.1, -0.05) is 102 Å². The average Bonchev–Trinajstić information content (AvgIpc) is 3.09. The van der Waals surface area contributed by atoms with Crippen LogP contribution in [0.2, 0.25) is 10.0 Å². The number of anilines is 1. The third kappa shape index (κ3) is 6.64. The smallest absolute Gasteiger partial charge is 0.343 e. The topological polar surface area (TPSA) is 105 Å². The van der Waals surface area contributed by atoms with Gasteiger partial charge in [0.05, 0.1) is 43.7 Å². The minimum atomic E-state index is -0.645. The summed E-state index contributed by atoms with van der Waals surface area (Å²) in [5.74, 6) is -0.935. The first-order chi connectivity index (χ1) is 22.4. The number of esters is 1. The van der Waals surface area contributed by atoms with E-state index in [-0.39, 0.29) is 27.1 Å². The SMILES string of the molecule is N#C/C(=C\c1ccc(OC(=O)c2ccc3nc(-c4ccccc4)c(-c4ccccc4)nc3c2)cc1)C(=O)Nc1cccc(Cl)c1Cl. The molecule has 6 aromatic rings. The first-order valence-corrected chi connectivity index (χ1v) is 14.8. The molecule has 1 amide bonds. The lowest BCUT2D eigenvalue weighted by molar-refractivity contribution is -0.112. The second-order valence-corrected chi connectivity index (χ2v) is 10.8. The van der Waals surface area contributed by atoms with Gasteiger partial charge in [0.15, 0.2) is 0 Å². The largest absolute Gasteiger partial charge is 0.423 e. The summed E-state index contributed by atoms with van der Waals surface area (Å²) in [6.07, 6.45) is 1.41. The molecular formula is C37H22Cl2N4O3. The minimum Gasteiger partial charge on any atom is -0.423 e. The van der Waals surface area contributed by atoms with Crippen LogP contribution in [-0.2, 0) is 4.79 Å². The van der Waals surface area contributed by atoms with E-state index >= 15 is 0 Å². The number of carbonyl (C=O) groups excluding carboxylic acids is 2. The zero-order valence-corrected chi connectivity index (χ0v) is 25.5. The van der Waals surface area contributed by atoms with Crippen LogP contribution in [-0.4, -0.2) is 21.8 Å². The number of amides is 1. The molecule has 0 spiro atoms. The van der Waals surface area contributed by atoms with Gasteiger partial charge in [0, 0.05) is 11.1 Å². The third-order valence-electron chi connectivity index (χ3n) is 6.96. The summed E-state index contributed by atoms with van der Waals surface area (Å²) in [6, 6.07) is 37.8. The maximum Gasteiger partial charge on any atom is 0.343 e. The Morgan fingerprint density at radius 3 is 2.00 bits per heavy atom. The normalized spacial score (nSPS) is 11.1. The predicted octanol–water partition coefficient (Wildman–Crippen LogP) is 9.04. The van der Waals surface area contributed by atoms with Gasteiger partial charge in [0.1, 0.15) is 17.4 Å². The highest BCUT2D eigenvalue weighted by Crippen LogP contribution is 2.32. The van der Waals surface area contributed by atoms with E-state index < -0.39 is 11.9 Å². The summed E-state index contributed by atoms with van der Waals surface area (Å²) in [4.78, 5) is 35.6. The molecule has 222 valence electrons. The number of benzene rings is 5. The lowest BCUT2D eigenvalue weighted by atomic mass is 10.0. The summed E-state index contributed by atoms with van der Waals surface area (Å²) >= 11 is 12.1. The lowest BCUT2D eigenvalue weighted by Crippen LogP contribution is -2.13. The molecule has 5 aromatic carbocycles. The Morgan fingerprint density at radius 2 is 1.37 bits per heavy atom. The fraction of sp³-hybridized carbons (Fsp3) is 0. The molecule has 0 aliphatic carbocycles. The lowest BCUT2D eigenvalue weighted by Gasteiger charge is -2.11. The standard InChI is InChI=1S/C37H22Cl2N4O3/c38-29-12-7-13-31(33(29)39)43-36(44)27(22-40)20-23-14-17-28(18-15-23)46-37(45)26-16-19-30-32(21-26)42-35(25-10-5-2-6-11-25)34(41-30)24-8-3-1-4-9-24/h1-21H,(H,43,44)/b27-20+. The second kappa shape index (κ2) is 13.4. The van der Waals surface area contributed by atoms with Crippen LogP contribution in [0.5, 0.6) is 5.75 Å². The summed E-state index contributed by atoms with van der Waals surface area (Å²) in [6.45, 7) is 0. The molecule has 0 saturated heterocycles. The van der Waals surface area contributed by atoms with Gasteiger partial charge in [0.2, 0.25) is 0 Å². The molecule has 0 fully saturated rings. The van der Waals surface area contributed by atoms with Gasteiger partial charge in [-0.2, -0.15) is 5.26 Å². The molecule has 7 nitrogen and oxygen atoms in total. The van der Waals surface area contributed by atoms with Gasteiger partial charge in [-0.3, -0.25) is 4.79 Å². The Kier molecular flexibility index (Phi) is 8.84. The number of hydrogen-bond donors (Lipinski definition) is 1. The number of ether oxygens (including phenoxy) is 1. The molecule has 0 atom stereocenters. The van der Waals surface area contributed by atoms with Crippen molar-refractivity contribution in [2.45, 2.75) is 0 Å². The molecule has 0 bridgehead atoms. The van der Waals surface area contributed by atoms with Crippen molar-refractivity contribution in [1.82, 2.24) is 9.97 Å². The summed E-state index contributed by atoms with van der Waals surface area (Å²) < 4.78 is 5.62. The molecule has 1 N–H and O–H groups in total. The fourth-order valence-corrected chi connectivity index (χ4v) is 5.03. The van der Waals surface area contributed by atoms with Crippen molar-refractivity contribution in [3.8, 4) is 34.3 Å². The van der Waals surface area contributed by atoms with Crippen molar-refractivity contribution in [2.75, 3.05) is 5.32 Å². The Morgan fingerprint density at radius 1 is 0.739 bits per heavy atom. The fourth-order valence-electron chi connectivity index (χ4n) is 4.68. The van der Waals surface area contributed by atoms with Gasteiger partial charge in [-0.15, -0.1) is 0 Å². The van der Waals surface area contributed by atoms with E-state index in [0.717, 1.165) is 16.8 Å². The van der Waals surface area contributed by atoms with Crippen molar-refractivity contribution in [2.24, 2.45) is 0 Å². The molecule has 0 aliphatic rings. The van der Waals surface area contributed by atoms with E-state index in [2.05, 4.69) is 5.32 Å². The van der Waals surface area contributed by atoms with Gasteiger partial charge < -0.3 is 10.1 Å². The zero-order chi connectivity index (χ0) is 32.0. The van der Waals surface area contributed by atoms with E-state index in [4.69, 9.17) is 37.9 Å². The van der Waals surface area contributed by atoms with Crippen LogP contribution in [0, 0.1) is 11.3 Å². The highest BCUT2D eigenvalue weighted by atomic mass is 35.5. The van der Waals surface area contributed by atoms with Crippen LogP contribution in [0.25, 0.3) is 39.6 Å². The first-order valence-electron chi connectivity index (χ1n) is 14.0. The number of halogens is 2. The van der Waals surface area contributed by atoms with E-state index in [1.807, 2.05) is 66.7 Å². The number of aromatic nitrogens is 2. The van der Waals surface area contributed by atoms with Crippen LogP contribution in [0.1, 0.15) is 15.9 Å². The number of carbonyl (C=O) groups is 2. The van der Waals surface area contributed by atoms with Crippen LogP contribution in [0.4, 0.5) is 5.69 Å². The van der Waals surface area contributed by atoms with Crippen LogP contribution < -0.4 is 10.1 Å². The number of fused-ring (bicyclic) bond motifs is 1. The van der Waals surface area contributed by atoms with Crippen LogP contribution >= 0.6 is 23.2 Å². The highest BCUT2D eigenvalue weighted by Gasteiger charge is 2.16. The summed E-state index contributed by atoms with van der Waals surface area (Å²) in [5, 5.41) is 12.6. The predicted molar refractivity (Wildman–Crippen MR) is 180 cm³/mol. The number of hydrogen-bond acceptors (Lipinski definition) is 6. The van der Waals surface area contributed by atoms with Crippen molar-refractivity contribution in [1.29, 1.82) is 5.26 Å². The molecule has 6 rings (SSSR count). The second-order valence-electron chi connectivity index (χ2n) is 10.0. The van der Waals surface area contributed by atoms with Gasteiger partial charge in [-0.05, 0) is 54.1 Å². The molecule has 9 heteroatoms. The Balaban J connectivity index is 1.21. The average molecular weight is 642 g/mol. The number of nitrogens with one attached hydrogen (secondary N) is 1. The monoisotopic (exact) mass is 640 g/mol. The number of nitrogens with zero attached hydrogens (tertiary/aromatic N) is 3. The molecular weight excluding hydrogens is 619 g/mol. The van der Waals surface area contributed by atoms with Crippen molar-refractivity contribution < 1.29 is 14.3 Å².